The molecular formula is C48H30N4S. The predicted molar refractivity (Wildman–Crippen MR) is 220 cm³/mol. The first kappa shape index (κ1) is 31.1. The van der Waals surface area contributed by atoms with Gasteiger partial charge < -0.3 is 0 Å². The van der Waals surface area contributed by atoms with Gasteiger partial charge in [0.1, 0.15) is 0 Å². The fourth-order valence-electron chi connectivity index (χ4n) is 6.95. The summed E-state index contributed by atoms with van der Waals surface area (Å²) < 4.78 is 0. The van der Waals surface area contributed by atoms with Crippen LogP contribution in [0.25, 0.3) is 88.6 Å². The predicted octanol–water partition coefficient (Wildman–Crippen LogP) is 12.7. The average Bonchev–Trinajstić information content (AvgIpc) is 3.24. The van der Waals surface area contributed by atoms with Gasteiger partial charge in [-0.05, 0) is 48.5 Å². The summed E-state index contributed by atoms with van der Waals surface area (Å²) in [5, 5.41) is 4.31. The van der Waals surface area contributed by atoms with E-state index in [1.807, 2.05) is 36.4 Å². The number of hydrogen-bond acceptors (Lipinski definition) is 5. The van der Waals surface area contributed by atoms with E-state index in [0.29, 0.717) is 0 Å². The smallest absolute Gasteiger partial charge is 0.0972 e. The molecule has 0 saturated heterocycles. The van der Waals surface area contributed by atoms with Crippen LogP contribution in [0, 0.1) is 0 Å². The van der Waals surface area contributed by atoms with Crippen molar-refractivity contribution in [3.8, 4) is 45.0 Å². The summed E-state index contributed by atoms with van der Waals surface area (Å²) in [7, 11) is 0. The normalized spacial score (nSPS) is 11.5. The van der Waals surface area contributed by atoms with E-state index in [1.165, 1.54) is 0 Å². The molecule has 4 nitrogen and oxygen atoms in total. The molecule has 0 aliphatic carbocycles. The lowest BCUT2D eigenvalue weighted by Gasteiger charge is -2.10. The third-order valence-electron chi connectivity index (χ3n) is 9.69. The number of hydrogen-bond donors (Lipinski definition) is 0. The van der Waals surface area contributed by atoms with E-state index in [1.54, 1.807) is 11.8 Å². The summed E-state index contributed by atoms with van der Waals surface area (Å²) in [6, 6.07) is 63.3. The molecule has 0 atom stereocenters. The molecule has 0 amide bonds. The molecule has 4 heterocycles. The molecule has 4 aromatic heterocycles. The minimum absolute atomic E-state index is 0.911. The Balaban J connectivity index is 0.936. The van der Waals surface area contributed by atoms with Crippen LogP contribution in [0.4, 0.5) is 0 Å². The fourth-order valence-corrected chi connectivity index (χ4v) is 7.82. The number of nitrogens with zero attached hydrogens (tertiary/aromatic N) is 4. The topological polar surface area (TPSA) is 51.6 Å². The summed E-state index contributed by atoms with van der Waals surface area (Å²) in [6.07, 6.45) is 0. The van der Waals surface area contributed by atoms with Crippen LogP contribution in [0.2, 0.25) is 0 Å². The second-order valence-corrected chi connectivity index (χ2v) is 14.2. The van der Waals surface area contributed by atoms with E-state index in [0.717, 1.165) is 98.4 Å². The maximum absolute atomic E-state index is 5.18. The zero-order valence-corrected chi connectivity index (χ0v) is 29.3. The largest absolute Gasteiger partial charge is 0.245 e. The summed E-state index contributed by atoms with van der Waals surface area (Å²) in [5.41, 5.74) is 11.7. The minimum atomic E-state index is 0.911. The quantitative estimate of drug-likeness (QED) is 0.162. The van der Waals surface area contributed by atoms with Gasteiger partial charge in [0.05, 0.1) is 44.8 Å². The molecule has 10 aromatic rings. The van der Waals surface area contributed by atoms with Crippen LogP contribution in [0.5, 0.6) is 0 Å². The molecule has 0 radical (unpaired) electrons. The zero-order chi connectivity index (χ0) is 35.1. The van der Waals surface area contributed by atoms with E-state index < -0.39 is 0 Å². The van der Waals surface area contributed by atoms with Crippen molar-refractivity contribution in [3.05, 3.63) is 182 Å². The van der Waals surface area contributed by atoms with Crippen LogP contribution in [-0.2, 0) is 0 Å². The first-order chi connectivity index (χ1) is 26.2. The molecule has 0 saturated carbocycles. The van der Waals surface area contributed by atoms with E-state index in [9.17, 15) is 0 Å². The average molecular weight is 695 g/mol. The minimum Gasteiger partial charge on any atom is -0.245 e. The van der Waals surface area contributed by atoms with Gasteiger partial charge in [-0.2, -0.15) is 0 Å². The molecule has 0 bridgehead atoms. The lowest BCUT2D eigenvalue weighted by Crippen LogP contribution is -1.91. The molecule has 53 heavy (non-hydrogen) atoms. The number of rotatable bonds is 6. The van der Waals surface area contributed by atoms with Gasteiger partial charge in [0.2, 0.25) is 0 Å². The highest BCUT2D eigenvalue weighted by atomic mass is 32.2. The van der Waals surface area contributed by atoms with E-state index in [-0.39, 0.29) is 0 Å². The van der Waals surface area contributed by atoms with Gasteiger partial charge in [-0.15, -0.1) is 0 Å². The fraction of sp³-hybridized carbons (Fsp3) is 0. The highest BCUT2D eigenvalue weighted by molar-refractivity contribution is 7.99. The summed E-state index contributed by atoms with van der Waals surface area (Å²) in [4.78, 5) is 22.8. The Labute approximate surface area is 310 Å². The van der Waals surface area contributed by atoms with Crippen molar-refractivity contribution in [3.63, 3.8) is 0 Å². The van der Waals surface area contributed by atoms with E-state index in [4.69, 9.17) is 19.9 Å². The third-order valence-corrected chi connectivity index (χ3v) is 10.7. The van der Waals surface area contributed by atoms with Crippen molar-refractivity contribution >= 4 is 55.4 Å². The standard InChI is InChI=1S/C48H30N4S/c1-3-8-31(9-4-1)41-26-20-34-14-15-36-22-28-43(51-46(36)45(34)49-41)33-18-24-39(25-19-33)53-40-13-7-12-38(30-40)44-29-23-37-17-16-35-21-27-42(32-10-5-2-6-11-32)50-47(35)48(37)52-44/h1-30H. The Morgan fingerprint density at radius 3 is 1.06 bits per heavy atom. The third kappa shape index (κ3) is 5.97. The first-order valence-corrected chi connectivity index (χ1v) is 18.4. The Morgan fingerprint density at radius 2 is 0.623 bits per heavy atom. The first-order valence-electron chi connectivity index (χ1n) is 17.6. The second-order valence-electron chi connectivity index (χ2n) is 13.1. The van der Waals surface area contributed by atoms with Crippen LogP contribution in [0.15, 0.2) is 192 Å². The van der Waals surface area contributed by atoms with Gasteiger partial charge in [0, 0.05) is 53.6 Å². The zero-order valence-electron chi connectivity index (χ0n) is 28.5. The Bertz CT molecular complexity index is 2960. The van der Waals surface area contributed by atoms with Gasteiger partial charge in [-0.25, -0.2) is 19.9 Å². The van der Waals surface area contributed by atoms with Crippen molar-refractivity contribution in [2.24, 2.45) is 0 Å². The van der Waals surface area contributed by atoms with Gasteiger partial charge in [-0.1, -0.05) is 145 Å². The van der Waals surface area contributed by atoms with Crippen molar-refractivity contribution in [2.75, 3.05) is 0 Å². The van der Waals surface area contributed by atoms with Gasteiger partial charge in [-0.3, -0.25) is 0 Å². The highest BCUT2D eigenvalue weighted by Gasteiger charge is 2.12. The van der Waals surface area contributed by atoms with Gasteiger partial charge in [0.25, 0.3) is 0 Å². The Hall–Kier alpha value is -6.69. The molecule has 0 aliphatic rings. The van der Waals surface area contributed by atoms with Gasteiger partial charge >= 0.3 is 0 Å². The lowest BCUT2D eigenvalue weighted by atomic mass is 10.1. The van der Waals surface area contributed by atoms with Crippen LogP contribution in [0.1, 0.15) is 0 Å². The number of aromatic nitrogens is 4. The highest BCUT2D eigenvalue weighted by Crippen LogP contribution is 2.34. The second kappa shape index (κ2) is 13.1. The molecule has 0 spiro atoms. The number of pyridine rings is 4. The maximum Gasteiger partial charge on any atom is 0.0972 e. The van der Waals surface area contributed by atoms with Crippen molar-refractivity contribution in [2.45, 2.75) is 9.79 Å². The summed E-state index contributed by atoms with van der Waals surface area (Å²) >= 11 is 1.74. The number of fused-ring (bicyclic) bond motifs is 6. The van der Waals surface area contributed by atoms with Gasteiger partial charge in [0.15, 0.2) is 0 Å². The number of benzene rings is 6. The van der Waals surface area contributed by atoms with Crippen LogP contribution < -0.4 is 0 Å². The Kier molecular flexibility index (Phi) is 7.70. The van der Waals surface area contributed by atoms with Crippen molar-refractivity contribution < 1.29 is 0 Å². The van der Waals surface area contributed by atoms with Crippen molar-refractivity contribution in [1.82, 2.24) is 19.9 Å². The van der Waals surface area contributed by atoms with Crippen molar-refractivity contribution in [1.29, 1.82) is 0 Å². The lowest BCUT2D eigenvalue weighted by molar-refractivity contribution is 1.34. The molecular weight excluding hydrogens is 665 g/mol. The molecule has 0 N–H and O–H groups in total. The van der Waals surface area contributed by atoms with E-state index >= 15 is 0 Å². The summed E-state index contributed by atoms with van der Waals surface area (Å²) in [6.45, 7) is 0. The Morgan fingerprint density at radius 1 is 0.264 bits per heavy atom. The molecule has 248 valence electrons. The molecule has 5 heteroatoms. The molecule has 0 fully saturated rings. The van der Waals surface area contributed by atoms with Crippen LogP contribution >= 0.6 is 11.8 Å². The van der Waals surface area contributed by atoms with E-state index in [2.05, 4.69) is 146 Å². The molecule has 10 rings (SSSR count). The monoisotopic (exact) mass is 694 g/mol. The van der Waals surface area contributed by atoms with Crippen LogP contribution in [-0.4, -0.2) is 19.9 Å². The SMILES string of the molecule is c1ccc(-c2ccc3ccc4ccc(-c5ccc(Sc6cccc(-c7ccc8ccc9ccc(-c%10ccccc%10)nc9c8n7)c6)cc5)nc4c3n2)cc1. The molecule has 6 aromatic carbocycles. The maximum atomic E-state index is 5.18. The molecule has 0 aliphatic heterocycles. The molecule has 0 unspecified atom stereocenters. The summed E-state index contributed by atoms with van der Waals surface area (Å²) in [5.74, 6) is 0. The van der Waals surface area contributed by atoms with Crippen LogP contribution in [0.3, 0.4) is 0 Å².